The summed E-state index contributed by atoms with van der Waals surface area (Å²) in [6, 6.07) is 8.10. The lowest BCUT2D eigenvalue weighted by molar-refractivity contribution is -0.132. The van der Waals surface area contributed by atoms with E-state index in [9.17, 15) is 4.79 Å². The van der Waals surface area contributed by atoms with Crippen LogP contribution in [0.3, 0.4) is 0 Å². The minimum atomic E-state index is -0.157. The number of hydrogen-bond donors (Lipinski definition) is 2. The Morgan fingerprint density at radius 3 is 2.32 bits per heavy atom. The largest absolute Gasteiger partial charge is 0.352 e. The molecule has 1 fully saturated rings. The first kappa shape index (κ1) is 14.1. The molecular formula is C16H24N2O. The molecule has 2 rings (SSSR count). The Bertz CT molecular complexity index is 419. The Hall–Kier alpha value is -1.35. The second-order valence-electron chi connectivity index (χ2n) is 5.82. The van der Waals surface area contributed by atoms with Gasteiger partial charge in [0.15, 0.2) is 0 Å². The van der Waals surface area contributed by atoms with Gasteiger partial charge in [-0.15, -0.1) is 0 Å². The molecule has 19 heavy (non-hydrogen) atoms. The van der Waals surface area contributed by atoms with Crippen molar-refractivity contribution in [2.45, 2.75) is 52.1 Å². The van der Waals surface area contributed by atoms with Crippen LogP contribution in [0.15, 0.2) is 24.3 Å². The molecule has 0 atom stereocenters. The number of hydrogen-bond acceptors (Lipinski definition) is 2. The van der Waals surface area contributed by atoms with Crippen molar-refractivity contribution in [3.05, 3.63) is 35.4 Å². The summed E-state index contributed by atoms with van der Waals surface area (Å²) in [4.78, 5) is 12.3. The second-order valence-corrected chi connectivity index (χ2v) is 5.82. The van der Waals surface area contributed by atoms with E-state index >= 15 is 0 Å². The summed E-state index contributed by atoms with van der Waals surface area (Å²) in [5, 5.41) is 3.08. The van der Waals surface area contributed by atoms with Gasteiger partial charge in [0.05, 0.1) is 0 Å². The number of amides is 1. The zero-order valence-corrected chi connectivity index (χ0v) is 11.7. The van der Waals surface area contributed by atoms with E-state index in [1.165, 1.54) is 19.3 Å². The van der Waals surface area contributed by atoms with Gasteiger partial charge in [0.25, 0.3) is 0 Å². The van der Waals surface area contributed by atoms with Crippen molar-refractivity contribution < 1.29 is 4.79 Å². The fourth-order valence-electron chi connectivity index (χ4n) is 2.75. The second kappa shape index (κ2) is 6.20. The zero-order chi connectivity index (χ0) is 13.7. The van der Waals surface area contributed by atoms with Crippen molar-refractivity contribution in [1.82, 2.24) is 5.32 Å². The molecule has 0 bridgehead atoms. The normalized spacial score (nSPS) is 18.0. The first-order chi connectivity index (χ1) is 9.14. The molecule has 1 aliphatic carbocycles. The summed E-state index contributed by atoms with van der Waals surface area (Å²) in [6.07, 6.45) is 5.66. The molecule has 0 radical (unpaired) electrons. The molecule has 0 aromatic heterocycles. The Labute approximate surface area is 115 Å². The van der Waals surface area contributed by atoms with Crippen LogP contribution in [0.1, 0.15) is 50.2 Å². The molecule has 3 N–H and O–H groups in total. The van der Waals surface area contributed by atoms with E-state index in [0.29, 0.717) is 13.1 Å². The SMILES string of the molecule is CC1(C(=O)NCc2ccc(CN)cc2)CCCCC1. The van der Waals surface area contributed by atoms with Gasteiger partial charge in [-0.3, -0.25) is 4.79 Å². The van der Waals surface area contributed by atoms with Gasteiger partial charge in [-0.1, -0.05) is 50.5 Å². The third-order valence-electron chi connectivity index (χ3n) is 4.22. The smallest absolute Gasteiger partial charge is 0.226 e. The average Bonchev–Trinajstić information content (AvgIpc) is 2.46. The molecule has 3 nitrogen and oxygen atoms in total. The van der Waals surface area contributed by atoms with Crippen LogP contribution < -0.4 is 11.1 Å². The van der Waals surface area contributed by atoms with Crippen LogP contribution in [0.2, 0.25) is 0 Å². The van der Waals surface area contributed by atoms with E-state index in [0.717, 1.165) is 24.0 Å². The Morgan fingerprint density at radius 2 is 1.74 bits per heavy atom. The maximum Gasteiger partial charge on any atom is 0.226 e. The maximum atomic E-state index is 12.3. The minimum absolute atomic E-state index is 0.157. The summed E-state index contributed by atoms with van der Waals surface area (Å²) in [5.41, 5.74) is 7.66. The Balaban J connectivity index is 1.88. The van der Waals surface area contributed by atoms with Gasteiger partial charge in [-0.25, -0.2) is 0 Å². The summed E-state index contributed by atoms with van der Waals surface area (Å²) >= 11 is 0. The van der Waals surface area contributed by atoms with Crippen molar-refractivity contribution in [2.75, 3.05) is 0 Å². The number of carbonyl (C=O) groups is 1. The topological polar surface area (TPSA) is 55.1 Å². The van der Waals surface area contributed by atoms with Gasteiger partial charge < -0.3 is 11.1 Å². The number of rotatable bonds is 4. The van der Waals surface area contributed by atoms with Crippen molar-refractivity contribution in [3.8, 4) is 0 Å². The molecule has 0 spiro atoms. The Kier molecular flexibility index (Phi) is 4.59. The van der Waals surface area contributed by atoms with Crippen LogP contribution >= 0.6 is 0 Å². The highest BCUT2D eigenvalue weighted by Gasteiger charge is 2.34. The zero-order valence-electron chi connectivity index (χ0n) is 11.7. The van der Waals surface area contributed by atoms with Crippen LogP contribution in [-0.2, 0) is 17.9 Å². The maximum absolute atomic E-state index is 12.3. The molecule has 1 aromatic rings. The molecule has 1 amide bonds. The van der Waals surface area contributed by atoms with Gasteiger partial charge in [0, 0.05) is 18.5 Å². The molecule has 104 valence electrons. The van der Waals surface area contributed by atoms with Crippen LogP contribution in [0.5, 0.6) is 0 Å². The number of nitrogens with two attached hydrogens (primary N) is 1. The van der Waals surface area contributed by atoms with E-state index in [-0.39, 0.29) is 11.3 Å². The predicted molar refractivity (Wildman–Crippen MR) is 77.4 cm³/mol. The van der Waals surface area contributed by atoms with Crippen LogP contribution in [-0.4, -0.2) is 5.91 Å². The molecule has 1 aliphatic rings. The monoisotopic (exact) mass is 260 g/mol. The lowest BCUT2D eigenvalue weighted by atomic mass is 9.75. The summed E-state index contributed by atoms with van der Waals surface area (Å²) in [5.74, 6) is 0.204. The molecule has 0 heterocycles. The Morgan fingerprint density at radius 1 is 1.16 bits per heavy atom. The van der Waals surface area contributed by atoms with E-state index in [4.69, 9.17) is 5.73 Å². The van der Waals surface area contributed by atoms with E-state index in [2.05, 4.69) is 12.2 Å². The van der Waals surface area contributed by atoms with Crippen molar-refractivity contribution in [3.63, 3.8) is 0 Å². The van der Waals surface area contributed by atoms with Gasteiger partial charge in [0.1, 0.15) is 0 Å². The summed E-state index contributed by atoms with van der Waals surface area (Å²) in [6.45, 7) is 3.27. The molecule has 0 saturated heterocycles. The molecule has 1 saturated carbocycles. The van der Waals surface area contributed by atoms with Crippen LogP contribution in [0.4, 0.5) is 0 Å². The summed E-state index contributed by atoms with van der Waals surface area (Å²) in [7, 11) is 0. The predicted octanol–water partition coefficient (Wildman–Crippen LogP) is 2.73. The molecule has 1 aromatic carbocycles. The molecular weight excluding hydrogens is 236 g/mol. The van der Waals surface area contributed by atoms with E-state index in [1.807, 2.05) is 24.3 Å². The third-order valence-corrected chi connectivity index (χ3v) is 4.22. The highest BCUT2D eigenvalue weighted by molar-refractivity contribution is 5.82. The van der Waals surface area contributed by atoms with Crippen LogP contribution in [0.25, 0.3) is 0 Å². The first-order valence-corrected chi connectivity index (χ1v) is 7.20. The van der Waals surface area contributed by atoms with Gasteiger partial charge in [0.2, 0.25) is 5.91 Å². The van der Waals surface area contributed by atoms with E-state index in [1.54, 1.807) is 0 Å². The van der Waals surface area contributed by atoms with Gasteiger partial charge in [-0.05, 0) is 24.0 Å². The number of carbonyl (C=O) groups excluding carboxylic acids is 1. The average molecular weight is 260 g/mol. The van der Waals surface area contributed by atoms with Crippen molar-refractivity contribution in [2.24, 2.45) is 11.1 Å². The third kappa shape index (κ3) is 3.57. The van der Waals surface area contributed by atoms with Crippen molar-refractivity contribution >= 4 is 5.91 Å². The lowest BCUT2D eigenvalue weighted by Crippen LogP contribution is -2.39. The quantitative estimate of drug-likeness (QED) is 0.874. The highest BCUT2D eigenvalue weighted by atomic mass is 16.2. The summed E-state index contributed by atoms with van der Waals surface area (Å²) < 4.78 is 0. The lowest BCUT2D eigenvalue weighted by Gasteiger charge is -2.32. The van der Waals surface area contributed by atoms with Gasteiger partial charge in [-0.2, -0.15) is 0 Å². The van der Waals surface area contributed by atoms with Gasteiger partial charge >= 0.3 is 0 Å². The molecule has 0 unspecified atom stereocenters. The minimum Gasteiger partial charge on any atom is -0.352 e. The fourth-order valence-corrected chi connectivity index (χ4v) is 2.75. The standard InChI is InChI=1S/C16H24N2O/c1-16(9-3-2-4-10-16)15(19)18-12-14-7-5-13(11-17)6-8-14/h5-8H,2-4,9-12,17H2,1H3,(H,18,19). The number of benzene rings is 1. The molecule has 3 heteroatoms. The van der Waals surface area contributed by atoms with E-state index < -0.39 is 0 Å². The van der Waals surface area contributed by atoms with Crippen LogP contribution in [0, 0.1) is 5.41 Å². The number of nitrogens with one attached hydrogen (secondary N) is 1. The fraction of sp³-hybridized carbons (Fsp3) is 0.562. The van der Waals surface area contributed by atoms with Crippen molar-refractivity contribution in [1.29, 1.82) is 0 Å². The first-order valence-electron chi connectivity index (χ1n) is 7.20. The molecule has 0 aliphatic heterocycles. The highest BCUT2D eigenvalue weighted by Crippen LogP contribution is 2.35.